The standard InChI is InChI=1S/C11H15N5O5/c1-20-9-5-8(14-11(12)15-9)16(3-13-5)10-7(19)6(18)4(17)2-21-10/h3-4,6-7,10,17-19H,2H2,1H3,(H2,12,14,15)/t4-,6-,7+,10-/m1/s1. The zero-order chi connectivity index (χ0) is 15.1. The maximum atomic E-state index is 10.0. The van der Waals surface area contributed by atoms with Gasteiger partial charge in [-0.25, -0.2) is 4.98 Å². The first-order valence-corrected chi connectivity index (χ1v) is 6.22. The van der Waals surface area contributed by atoms with Crippen LogP contribution in [-0.4, -0.2) is 66.9 Å². The molecule has 0 aliphatic carbocycles. The van der Waals surface area contributed by atoms with Crippen LogP contribution in [0.1, 0.15) is 6.23 Å². The molecule has 3 rings (SSSR count). The van der Waals surface area contributed by atoms with Gasteiger partial charge in [0.1, 0.15) is 18.3 Å². The van der Waals surface area contributed by atoms with Gasteiger partial charge >= 0.3 is 0 Å². The third-order valence-corrected chi connectivity index (χ3v) is 3.35. The molecular formula is C11H15N5O5. The van der Waals surface area contributed by atoms with E-state index in [9.17, 15) is 15.3 Å². The molecule has 10 heteroatoms. The number of hydrogen-bond acceptors (Lipinski definition) is 9. The van der Waals surface area contributed by atoms with E-state index in [1.165, 1.54) is 18.0 Å². The summed E-state index contributed by atoms with van der Waals surface area (Å²) in [5.41, 5.74) is 6.25. The zero-order valence-electron chi connectivity index (χ0n) is 11.1. The third kappa shape index (κ3) is 2.17. The van der Waals surface area contributed by atoms with Gasteiger partial charge in [0.2, 0.25) is 11.8 Å². The minimum atomic E-state index is -1.34. The molecular weight excluding hydrogens is 282 g/mol. The number of nitrogen functional groups attached to an aromatic ring is 1. The van der Waals surface area contributed by atoms with Gasteiger partial charge in [0, 0.05) is 0 Å². The van der Waals surface area contributed by atoms with Crippen molar-refractivity contribution < 1.29 is 24.8 Å². The first-order valence-electron chi connectivity index (χ1n) is 6.22. The number of ether oxygens (including phenoxy) is 2. The Morgan fingerprint density at radius 1 is 1.33 bits per heavy atom. The molecule has 0 unspecified atom stereocenters. The summed E-state index contributed by atoms with van der Waals surface area (Å²) < 4.78 is 11.8. The Morgan fingerprint density at radius 2 is 2.10 bits per heavy atom. The fourth-order valence-corrected chi connectivity index (χ4v) is 2.27. The fraction of sp³-hybridized carbons (Fsp3) is 0.545. The maximum Gasteiger partial charge on any atom is 0.246 e. The monoisotopic (exact) mass is 297 g/mol. The second-order valence-corrected chi connectivity index (χ2v) is 4.69. The van der Waals surface area contributed by atoms with Crippen molar-refractivity contribution in [1.29, 1.82) is 0 Å². The van der Waals surface area contributed by atoms with Crippen LogP contribution >= 0.6 is 0 Å². The summed E-state index contributed by atoms with van der Waals surface area (Å²) >= 11 is 0. The number of aliphatic hydroxyl groups is 3. The SMILES string of the molecule is COc1nc(N)nc2c1ncn2[C@@H]1OC[C@@H](O)[C@@H](O)[C@@H]1O. The highest BCUT2D eigenvalue weighted by Crippen LogP contribution is 2.29. The van der Waals surface area contributed by atoms with E-state index in [4.69, 9.17) is 15.2 Å². The Morgan fingerprint density at radius 3 is 2.81 bits per heavy atom. The van der Waals surface area contributed by atoms with Crippen LogP contribution < -0.4 is 10.5 Å². The van der Waals surface area contributed by atoms with Crippen molar-refractivity contribution in [3.05, 3.63) is 6.33 Å². The lowest BCUT2D eigenvalue weighted by Crippen LogP contribution is -2.50. The number of nitrogens with two attached hydrogens (primary N) is 1. The van der Waals surface area contributed by atoms with E-state index >= 15 is 0 Å². The van der Waals surface area contributed by atoms with E-state index in [0.717, 1.165) is 0 Å². The summed E-state index contributed by atoms with van der Waals surface area (Å²) in [6.45, 7) is -0.125. The summed E-state index contributed by atoms with van der Waals surface area (Å²) in [7, 11) is 1.42. The van der Waals surface area contributed by atoms with Crippen molar-refractivity contribution in [3.8, 4) is 5.88 Å². The average molecular weight is 297 g/mol. The van der Waals surface area contributed by atoms with Gasteiger partial charge in [0.05, 0.1) is 20.0 Å². The van der Waals surface area contributed by atoms with Crippen LogP contribution in [0.5, 0.6) is 5.88 Å². The predicted molar refractivity (Wildman–Crippen MR) is 69.3 cm³/mol. The van der Waals surface area contributed by atoms with E-state index in [-0.39, 0.29) is 18.4 Å². The Labute approximate surface area is 118 Å². The Bertz CT molecular complexity index is 662. The van der Waals surface area contributed by atoms with Crippen LogP contribution in [0.2, 0.25) is 0 Å². The molecule has 114 valence electrons. The maximum absolute atomic E-state index is 10.0. The van der Waals surface area contributed by atoms with E-state index < -0.39 is 24.5 Å². The van der Waals surface area contributed by atoms with Crippen molar-refractivity contribution in [3.63, 3.8) is 0 Å². The highest BCUT2D eigenvalue weighted by Gasteiger charge is 2.39. The van der Waals surface area contributed by atoms with Crippen LogP contribution in [0.3, 0.4) is 0 Å². The first-order chi connectivity index (χ1) is 10.0. The van der Waals surface area contributed by atoms with Crippen LogP contribution in [0, 0.1) is 0 Å². The second kappa shape index (κ2) is 5.07. The molecule has 0 spiro atoms. The van der Waals surface area contributed by atoms with Gasteiger partial charge in [0.25, 0.3) is 0 Å². The minimum Gasteiger partial charge on any atom is -0.479 e. The van der Waals surface area contributed by atoms with Gasteiger partial charge in [-0.1, -0.05) is 0 Å². The molecule has 3 heterocycles. The highest BCUT2D eigenvalue weighted by atomic mass is 16.5. The first kappa shape index (κ1) is 13.9. The Hall–Kier alpha value is -2.01. The smallest absolute Gasteiger partial charge is 0.246 e. The molecule has 4 atom stereocenters. The van der Waals surface area contributed by atoms with E-state index in [1.54, 1.807) is 0 Å². The van der Waals surface area contributed by atoms with Crippen LogP contribution in [0.4, 0.5) is 5.95 Å². The molecule has 5 N–H and O–H groups in total. The summed E-state index contributed by atoms with van der Waals surface area (Å²) in [6, 6.07) is 0. The molecule has 10 nitrogen and oxygen atoms in total. The number of anilines is 1. The summed E-state index contributed by atoms with van der Waals surface area (Å²) in [6.07, 6.45) is -3.40. The number of methoxy groups -OCH3 is 1. The Kier molecular flexibility index (Phi) is 3.37. The molecule has 1 aliphatic rings. The van der Waals surface area contributed by atoms with Gasteiger partial charge in [-0.15, -0.1) is 0 Å². The van der Waals surface area contributed by atoms with Crippen molar-refractivity contribution in [2.75, 3.05) is 19.5 Å². The molecule has 0 saturated carbocycles. The lowest BCUT2D eigenvalue weighted by molar-refractivity contribution is -0.210. The van der Waals surface area contributed by atoms with E-state index in [0.29, 0.717) is 11.2 Å². The summed E-state index contributed by atoms with van der Waals surface area (Å²) in [5.74, 6) is 0.175. The number of aliphatic hydroxyl groups excluding tert-OH is 3. The van der Waals surface area contributed by atoms with Gasteiger partial charge < -0.3 is 30.5 Å². The topological polar surface area (TPSA) is 149 Å². The summed E-state index contributed by atoms with van der Waals surface area (Å²) in [5, 5.41) is 29.3. The average Bonchev–Trinajstić information content (AvgIpc) is 2.87. The lowest BCUT2D eigenvalue weighted by Gasteiger charge is -2.35. The largest absolute Gasteiger partial charge is 0.479 e. The normalized spacial score (nSPS) is 29.7. The van der Waals surface area contributed by atoms with E-state index in [2.05, 4.69) is 15.0 Å². The molecule has 21 heavy (non-hydrogen) atoms. The molecule has 0 amide bonds. The van der Waals surface area contributed by atoms with Gasteiger partial charge in [-0.3, -0.25) is 4.57 Å². The highest BCUT2D eigenvalue weighted by molar-refractivity contribution is 5.77. The zero-order valence-corrected chi connectivity index (χ0v) is 11.1. The van der Waals surface area contributed by atoms with E-state index in [1.807, 2.05) is 0 Å². The third-order valence-electron chi connectivity index (χ3n) is 3.35. The van der Waals surface area contributed by atoms with Crippen LogP contribution in [-0.2, 0) is 4.74 Å². The van der Waals surface area contributed by atoms with Crippen molar-refractivity contribution >= 4 is 17.1 Å². The van der Waals surface area contributed by atoms with Crippen LogP contribution in [0.25, 0.3) is 11.2 Å². The molecule has 0 aromatic carbocycles. The molecule has 1 saturated heterocycles. The predicted octanol–water partition coefficient (Wildman–Crippen LogP) is -1.97. The molecule has 0 bridgehead atoms. The number of nitrogens with zero attached hydrogens (tertiary/aromatic N) is 4. The van der Waals surface area contributed by atoms with Crippen molar-refractivity contribution in [1.82, 2.24) is 19.5 Å². The number of rotatable bonds is 2. The van der Waals surface area contributed by atoms with Crippen molar-refractivity contribution in [2.24, 2.45) is 0 Å². The van der Waals surface area contributed by atoms with Crippen molar-refractivity contribution in [2.45, 2.75) is 24.5 Å². The summed E-state index contributed by atoms with van der Waals surface area (Å²) in [4.78, 5) is 12.1. The Balaban J connectivity index is 2.07. The van der Waals surface area contributed by atoms with Gasteiger partial charge in [0.15, 0.2) is 17.4 Å². The number of hydrogen-bond donors (Lipinski definition) is 4. The second-order valence-electron chi connectivity index (χ2n) is 4.69. The number of aromatic nitrogens is 4. The molecule has 1 fully saturated rings. The number of imidazole rings is 1. The molecule has 1 aliphatic heterocycles. The quantitative estimate of drug-likeness (QED) is 0.495. The van der Waals surface area contributed by atoms with Gasteiger partial charge in [-0.05, 0) is 0 Å². The van der Waals surface area contributed by atoms with Gasteiger partial charge in [-0.2, -0.15) is 9.97 Å². The number of fused-ring (bicyclic) bond motifs is 1. The fourth-order valence-electron chi connectivity index (χ4n) is 2.27. The lowest BCUT2D eigenvalue weighted by atomic mass is 10.0. The van der Waals surface area contributed by atoms with Crippen LogP contribution in [0.15, 0.2) is 6.33 Å². The molecule has 2 aromatic rings. The minimum absolute atomic E-state index is 0.0213. The molecule has 2 aromatic heterocycles. The molecule has 0 radical (unpaired) electrons.